The Balaban J connectivity index is 1.77. The maximum absolute atomic E-state index is 11.7. The number of aryl methyl sites for hydroxylation is 2. The number of hydrazine groups is 1. The second-order valence-electron chi connectivity index (χ2n) is 4.62. The molecule has 2 rings (SSSR count). The van der Waals surface area contributed by atoms with E-state index in [-0.39, 0.29) is 17.6 Å². The predicted molar refractivity (Wildman–Crippen MR) is 83.0 cm³/mol. The van der Waals surface area contributed by atoms with Crippen molar-refractivity contribution in [3.05, 3.63) is 53.3 Å². The third-order valence-corrected chi connectivity index (χ3v) is 4.00. The number of carbonyl (C=O) groups excluding carboxylic acids is 2. The van der Waals surface area contributed by atoms with Crippen LogP contribution in [0, 0.1) is 13.8 Å². The van der Waals surface area contributed by atoms with Crippen molar-refractivity contribution in [3.63, 3.8) is 0 Å². The quantitative estimate of drug-likeness (QED) is 0.599. The van der Waals surface area contributed by atoms with Crippen molar-refractivity contribution in [1.82, 2.24) is 15.8 Å². The van der Waals surface area contributed by atoms with E-state index < -0.39 is 0 Å². The van der Waals surface area contributed by atoms with Crippen molar-refractivity contribution < 1.29 is 9.59 Å². The van der Waals surface area contributed by atoms with Gasteiger partial charge in [0.25, 0.3) is 5.91 Å². The average molecular weight is 303 g/mol. The highest BCUT2D eigenvalue weighted by Gasteiger charge is 2.08. The molecule has 110 valence electrons. The number of aromatic amines is 1. The van der Waals surface area contributed by atoms with Crippen molar-refractivity contribution in [1.29, 1.82) is 0 Å². The van der Waals surface area contributed by atoms with Crippen molar-refractivity contribution in [2.75, 3.05) is 5.75 Å². The van der Waals surface area contributed by atoms with Crippen molar-refractivity contribution >= 4 is 23.6 Å². The van der Waals surface area contributed by atoms with E-state index in [1.165, 1.54) is 22.9 Å². The van der Waals surface area contributed by atoms with Gasteiger partial charge < -0.3 is 4.98 Å². The molecule has 0 aliphatic heterocycles. The molecule has 6 heteroatoms. The minimum atomic E-state index is -0.371. The summed E-state index contributed by atoms with van der Waals surface area (Å²) in [6.07, 6.45) is 1.65. The Morgan fingerprint density at radius 1 is 1.14 bits per heavy atom. The molecule has 2 amide bonds. The highest BCUT2D eigenvalue weighted by atomic mass is 32.2. The molecule has 0 saturated heterocycles. The van der Waals surface area contributed by atoms with E-state index in [2.05, 4.69) is 15.8 Å². The monoisotopic (exact) mass is 303 g/mol. The molecule has 0 fully saturated rings. The summed E-state index contributed by atoms with van der Waals surface area (Å²) in [5.41, 5.74) is 7.57. The van der Waals surface area contributed by atoms with E-state index >= 15 is 0 Å². The third-order valence-electron chi connectivity index (χ3n) is 3.01. The number of benzene rings is 1. The lowest BCUT2D eigenvalue weighted by atomic mass is 10.1. The minimum Gasteiger partial charge on any atom is -0.357 e. The summed E-state index contributed by atoms with van der Waals surface area (Å²) in [7, 11) is 0. The fourth-order valence-corrected chi connectivity index (χ4v) is 2.45. The Labute approximate surface area is 127 Å². The predicted octanol–water partition coefficient (Wildman–Crippen LogP) is 2.18. The molecule has 2 aromatic rings. The van der Waals surface area contributed by atoms with Gasteiger partial charge in [-0.25, -0.2) is 0 Å². The number of hydrogen-bond donors (Lipinski definition) is 3. The molecular weight excluding hydrogens is 286 g/mol. The number of thioether (sulfide) groups is 1. The molecule has 1 aromatic heterocycles. The van der Waals surface area contributed by atoms with Gasteiger partial charge in [0, 0.05) is 11.1 Å². The summed E-state index contributed by atoms with van der Waals surface area (Å²) in [4.78, 5) is 27.1. The van der Waals surface area contributed by atoms with Crippen LogP contribution in [-0.2, 0) is 4.79 Å². The van der Waals surface area contributed by atoms with Gasteiger partial charge in [-0.05, 0) is 49.2 Å². The average Bonchev–Trinajstić information content (AvgIpc) is 3.00. The van der Waals surface area contributed by atoms with Crippen LogP contribution in [0.3, 0.4) is 0 Å². The van der Waals surface area contributed by atoms with Gasteiger partial charge in [0.2, 0.25) is 5.91 Å². The summed E-state index contributed by atoms with van der Waals surface area (Å²) in [5.74, 6) is -0.379. The molecule has 3 N–H and O–H groups in total. The van der Waals surface area contributed by atoms with E-state index in [0.717, 1.165) is 4.90 Å². The van der Waals surface area contributed by atoms with Crippen LogP contribution in [0.15, 0.2) is 41.4 Å². The smallest absolute Gasteiger partial charge is 0.286 e. The molecule has 0 bridgehead atoms. The topological polar surface area (TPSA) is 74.0 Å². The van der Waals surface area contributed by atoms with Crippen LogP contribution < -0.4 is 10.9 Å². The van der Waals surface area contributed by atoms with Crippen LogP contribution in [-0.4, -0.2) is 22.6 Å². The zero-order valence-corrected chi connectivity index (χ0v) is 12.7. The highest BCUT2D eigenvalue weighted by Crippen LogP contribution is 2.20. The first-order chi connectivity index (χ1) is 10.1. The molecule has 0 spiro atoms. The number of rotatable bonds is 4. The van der Waals surface area contributed by atoms with Gasteiger partial charge in [0.15, 0.2) is 0 Å². The first-order valence-corrected chi connectivity index (χ1v) is 7.47. The maximum Gasteiger partial charge on any atom is 0.286 e. The van der Waals surface area contributed by atoms with Gasteiger partial charge in [-0.2, -0.15) is 0 Å². The zero-order chi connectivity index (χ0) is 15.2. The van der Waals surface area contributed by atoms with Crippen molar-refractivity contribution in [2.45, 2.75) is 18.7 Å². The van der Waals surface area contributed by atoms with Crippen LogP contribution in [0.4, 0.5) is 0 Å². The fourth-order valence-electron chi connectivity index (χ4n) is 1.65. The number of amides is 2. The molecular formula is C15H17N3O2S. The van der Waals surface area contributed by atoms with Crippen LogP contribution in [0.5, 0.6) is 0 Å². The van der Waals surface area contributed by atoms with Crippen LogP contribution >= 0.6 is 11.8 Å². The van der Waals surface area contributed by atoms with Gasteiger partial charge in [-0.15, -0.1) is 11.8 Å². The molecule has 0 unspecified atom stereocenters. The number of nitrogens with one attached hydrogen (secondary N) is 3. The first-order valence-electron chi connectivity index (χ1n) is 6.49. The van der Waals surface area contributed by atoms with Crippen LogP contribution in [0.2, 0.25) is 0 Å². The maximum atomic E-state index is 11.7. The van der Waals surface area contributed by atoms with Crippen LogP contribution in [0.25, 0.3) is 0 Å². The Bertz CT molecular complexity index is 638. The number of aromatic nitrogens is 1. The van der Waals surface area contributed by atoms with Crippen molar-refractivity contribution in [3.8, 4) is 0 Å². The zero-order valence-electron chi connectivity index (χ0n) is 11.9. The van der Waals surface area contributed by atoms with E-state index in [1.807, 2.05) is 32.0 Å². The molecule has 21 heavy (non-hydrogen) atoms. The molecule has 1 aromatic carbocycles. The van der Waals surface area contributed by atoms with Gasteiger partial charge in [-0.1, -0.05) is 6.07 Å². The van der Waals surface area contributed by atoms with Gasteiger partial charge >= 0.3 is 0 Å². The van der Waals surface area contributed by atoms with Gasteiger partial charge in [0.05, 0.1) is 5.75 Å². The summed E-state index contributed by atoms with van der Waals surface area (Å²) in [6, 6.07) is 9.41. The lowest BCUT2D eigenvalue weighted by Crippen LogP contribution is -2.42. The van der Waals surface area contributed by atoms with Crippen LogP contribution in [0.1, 0.15) is 21.6 Å². The molecule has 0 aliphatic rings. The van der Waals surface area contributed by atoms with E-state index in [1.54, 1.807) is 18.3 Å². The lowest BCUT2D eigenvalue weighted by molar-refractivity contribution is -0.119. The molecule has 0 aliphatic carbocycles. The largest absolute Gasteiger partial charge is 0.357 e. The molecule has 1 heterocycles. The molecule has 5 nitrogen and oxygen atoms in total. The number of hydrogen-bond acceptors (Lipinski definition) is 3. The summed E-state index contributed by atoms with van der Waals surface area (Å²) in [5, 5.41) is 0. The second-order valence-corrected chi connectivity index (χ2v) is 5.67. The normalized spacial score (nSPS) is 10.2. The fraction of sp³-hybridized carbons (Fsp3) is 0.200. The van der Waals surface area contributed by atoms with Gasteiger partial charge in [0.1, 0.15) is 5.69 Å². The number of carbonyl (C=O) groups is 2. The van der Waals surface area contributed by atoms with E-state index in [9.17, 15) is 9.59 Å². The summed E-state index contributed by atoms with van der Waals surface area (Å²) in [6.45, 7) is 4.09. The van der Waals surface area contributed by atoms with Crippen molar-refractivity contribution in [2.24, 2.45) is 0 Å². The van der Waals surface area contributed by atoms with E-state index in [0.29, 0.717) is 5.69 Å². The minimum absolute atomic E-state index is 0.244. The Morgan fingerprint density at radius 3 is 2.62 bits per heavy atom. The molecule has 0 atom stereocenters. The summed E-state index contributed by atoms with van der Waals surface area (Å²) < 4.78 is 0. The van der Waals surface area contributed by atoms with E-state index in [4.69, 9.17) is 0 Å². The summed E-state index contributed by atoms with van der Waals surface area (Å²) >= 11 is 1.43. The lowest BCUT2D eigenvalue weighted by Gasteiger charge is -2.07. The SMILES string of the molecule is Cc1ccc(SCC(=O)NNC(=O)c2ccc[nH]2)cc1C. The second kappa shape index (κ2) is 6.99. The Hall–Kier alpha value is -2.21. The Morgan fingerprint density at radius 2 is 1.95 bits per heavy atom. The standard InChI is InChI=1S/C15H17N3O2S/c1-10-5-6-12(8-11(10)2)21-9-14(19)17-18-15(20)13-4-3-7-16-13/h3-8,16H,9H2,1-2H3,(H,17,19)(H,18,20). The van der Waals surface area contributed by atoms with Gasteiger partial charge in [-0.3, -0.25) is 20.4 Å². The highest BCUT2D eigenvalue weighted by molar-refractivity contribution is 8.00. The Kier molecular flexibility index (Phi) is 5.05. The number of H-pyrrole nitrogens is 1. The third kappa shape index (κ3) is 4.39. The molecule has 0 radical (unpaired) electrons. The first kappa shape index (κ1) is 15.2. The molecule has 0 saturated carbocycles.